The topological polar surface area (TPSA) is 12.0 Å². The fourth-order valence-electron chi connectivity index (χ4n) is 1.52. The zero-order chi connectivity index (χ0) is 14.6. The molecule has 0 amide bonds. The molecule has 7 heteroatoms. The van der Waals surface area contributed by atoms with E-state index in [9.17, 15) is 13.2 Å². The Kier molecular flexibility index (Phi) is 5.40. The molecule has 1 heterocycles. The molecule has 0 saturated heterocycles. The van der Waals surface area contributed by atoms with E-state index in [1.54, 1.807) is 29.5 Å². The maximum absolute atomic E-state index is 12.3. The summed E-state index contributed by atoms with van der Waals surface area (Å²) in [5.41, 5.74) is 0.724. The van der Waals surface area contributed by atoms with Crippen molar-refractivity contribution in [3.05, 3.63) is 45.1 Å². The average molecular weight is 382 g/mol. The second-order valence-electron chi connectivity index (χ2n) is 3.95. The SMILES string of the molecule is FC(F)(F)CSc1ccccc1NCc1sccc1Br. The van der Waals surface area contributed by atoms with Crippen molar-refractivity contribution in [2.24, 2.45) is 0 Å². The number of hydrogen-bond acceptors (Lipinski definition) is 3. The van der Waals surface area contributed by atoms with E-state index in [0.29, 0.717) is 11.4 Å². The summed E-state index contributed by atoms with van der Waals surface area (Å²) in [7, 11) is 0. The standard InChI is InChI=1S/C13H11BrF3NS2/c14-9-5-6-19-12(9)7-18-10-3-1-2-4-11(10)20-8-13(15,16)17/h1-6,18H,7-8H2. The largest absolute Gasteiger partial charge is 0.398 e. The van der Waals surface area contributed by atoms with Gasteiger partial charge in [-0.3, -0.25) is 0 Å². The van der Waals surface area contributed by atoms with Crippen LogP contribution in [0.1, 0.15) is 4.88 Å². The van der Waals surface area contributed by atoms with Crippen molar-refractivity contribution in [2.45, 2.75) is 17.6 Å². The molecule has 0 aliphatic heterocycles. The Hall–Kier alpha value is -0.660. The van der Waals surface area contributed by atoms with Gasteiger partial charge in [-0.15, -0.1) is 23.1 Å². The minimum absolute atomic E-state index is 0.585. The third kappa shape index (κ3) is 4.71. The molecular weight excluding hydrogens is 371 g/mol. The van der Waals surface area contributed by atoms with Crippen molar-refractivity contribution in [2.75, 3.05) is 11.1 Å². The molecule has 20 heavy (non-hydrogen) atoms. The minimum Gasteiger partial charge on any atom is -0.379 e. The third-order valence-electron chi connectivity index (χ3n) is 2.41. The summed E-state index contributed by atoms with van der Waals surface area (Å²) in [4.78, 5) is 1.72. The van der Waals surface area contributed by atoms with Gasteiger partial charge in [-0.1, -0.05) is 12.1 Å². The second kappa shape index (κ2) is 6.87. The molecule has 0 aliphatic carbocycles. The van der Waals surface area contributed by atoms with Crippen molar-refractivity contribution < 1.29 is 13.2 Å². The Labute approximate surface area is 131 Å². The molecule has 0 unspecified atom stereocenters. The summed E-state index contributed by atoms with van der Waals surface area (Å²) in [6.45, 7) is 0.585. The zero-order valence-electron chi connectivity index (χ0n) is 10.2. The van der Waals surface area contributed by atoms with E-state index < -0.39 is 11.9 Å². The van der Waals surface area contributed by atoms with Gasteiger partial charge in [0.1, 0.15) is 0 Å². The van der Waals surface area contributed by atoms with Gasteiger partial charge in [-0.05, 0) is 39.5 Å². The number of anilines is 1. The normalized spacial score (nSPS) is 11.6. The molecule has 0 fully saturated rings. The van der Waals surface area contributed by atoms with Crippen LogP contribution in [-0.4, -0.2) is 11.9 Å². The van der Waals surface area contributed by atoms with Gasteiger partial charge in [0.25, 0.3) is 0 Å². The monoisotopic (exact) mass is 381 g/mol. The number of para-hydroxylation sites is 1. The maximum atomic E-state index is 12.3. The molecule has 0 saturated carbocycles. The van der Waals surface area contributed by atoms with Crippen LogP contribution in [0.25, 0.3) is 0 Å². The van der Waals surface area contributed by atoms with Gasteiger partial charge in [-0.2, -0.15) is 13.2 Å². The first-order valence-electron chi connectivity index (χ1n) is 5.70. The van der Waals surface area contributed by atoms with Crippen LogP contribution in [0.15, 0.2) is 45.1 Å². The first kappa shape index (κ1) is 15.7. The molecule has 2 rings (SSSR count). The second-order valence-corrected chi connectivity index (χ2v) is 6.82. The molecule has 1 aromatic carbocycles. The molecule has 1 N–H and O–H groups in total. The number of nitrogens with one attached hydrogen (secondary N) is 1. The zero-order valence-corrected chi connectivity index (χ0v) is 13.4. The highest BCUT2D eigenvalue weighted by atomic mass is 79.9. The molecule has 1 nitrogen and oxygen atoms in total. The number of hydrogen-bond donors (Lipinski definition) is 1. The fourth-order valence-corrected chi connectivity index (χ4v) is 3.75. The van der Waals surface area contributed by atoms with Crippen LogP contribution in [0.4, 0.5) is 18.9 Å². The minimum atomic E-state index is -4.16. The Morgan fingerprint density at radius 3 is 2.60 bits per heavy atom. The highest BCUT2D eigenvalue weighted by Gasteiger charge is 2.27. The third-order valence-corrected chi connectivity index (χ3v) is 5.47. The molecule has 0 radical (unpaired) electrons. The smallest absolute Gasteiger partial charge is 0.379 e. The van der Waals surface area contributed by atoms with E-state index in [1.165, 1.54) is 0 Å². The summed E-state index contributed by atoms with van der Waals surface area (Å²) >= 11 is 5.83. The highest BCUT2D eigenvalue weighted by molar-refractivity contribution is 9.10. The lowest BCUT2D eigenvalue weighted by molar-refractivity contribution is -0.105. The van der Waals surface area contributed by atoms with Gasteiger partial charge >= 0.3 is 6.18 Å². The lowest BCUT2D eigenvalue weighted by atomic mass is 10.3. The summed E-state index contributed by atoms with van der Waals surface area (Å²) in [5, 5.41) is 5.15. The van der Waals surface area contributed by atoms with E-state index in [0.717, 1.165) is 26.8 Å². The summed E-state index contributed by atoms with van der Waals surface area (Å²) in [5.74, 6) is -0.881. The molecular formula is C13H11BrF3NS2. The average Bonchev–Trinajstić information content (AvgIpc) is 2.79. The van der Waals surface area contributed by atoms with Crippen molar-refractivity contribution in [1.82, 2.24) is 0 Å². The highest BCUT2D eigenvalue weighted by Crippen LogP contribution is 2.33. The Bertz CT molecular complexity index is 569. The first-order chi connectivity index (χ1) is 9.46. The van der Waals surface area contributed by atoms with E-state index in [1.807, 2.05) is 17.5 Å². The van der Waals surface area contributed by atoms with E-state index in [2.05, 4.69) is 21.2 Å². The van der Waals surface area contributed by atoms with E-state index in [4.69, 9.17) is 0 Å². The van der Waals surface area contributed by atoms with Gasteiger partial charge < -0.3 is 5.32 Å². The number of rotatable bonds is 5. The van der Waals surface area contributed by atoms with Gasteiger partial charge in [0, 0.05) is 19.9 Å². The maximum Gasteiger partial charge on any atom is 0.398 e. The van der Waals surface area contributed by atoms with Crippen LogP contribution >= 0.6 is 39.0 Å². The Morgan fingerprint density at radius 2 is 1.95 bits per heavy atom. The molecule has 0 spiro atoms. The summed E-state index contributed by atoms with van der Waals surface area (Å²) < 4.78 is 37.9. The number of benzene rings is 1. The summed E-state index contributed by atoms with van der Waals surface area (Å²) in [6.07, 6.45) is -4.16. The first-order valence-corrected chi connectivity index (χ1v) is 8.36. The van der Waals surface area contributed by atoms with Gasteiger partial charge in [-0.25, -0.2) is 0 Å². The fraction of sp³-hybridized carbons (Fsp3) is 0.231. The molecule has 1 aromatic heterocycles. The number of thioether (sulfide) groups is 1. The Balaban J connectivity index is 2.02. The Morgan fingerprint density at radius 1 is 1.20 bits per heavy atom. The predicted octanol–water partition coefficient (Wildman–Crippen LogP) is 5.78. The van der Waals surface area contributed by atoms with Crippen molar-refractivity contribution in [3.63, 3.8) is 0 Å². The molecule has 0 atom stereocenters. The predicted molar refractivity (Wildman–Crippen MR) is 82.6 cm³/mol. The van der Waals surface area contributed by atoms with Crippen molar-refractivity contribution in [3.8, 4) is 0 Å². The quantitative estimate of drug-likeness (QED) is 0.659. The van der Waals surface area contributed by atoms with Crippen molar-refractivity contribution in [1.29, 1.82) is 0 Å². The molecule has 2 aromatic rings. The van der Waals surface area contributed by atoms with Crippen LogP contribution < -0.4 is 5.32 Å². The van der Waals surface area contributed by atoms with E-state index >= 15 is 0 Å². The lowest BCUT2D eigenvalue weighted by Crippen LogP contribution is -2.11. The molecule has 0 bridgehead atoms. The van der Waals surface area contributed by atoms with Crippen LogP contribution in [0.5, 0.6) is 0 Å². The van der Waals surface area contributed by atoms with Crippen molar-refractivity contribution >= 4 is 44.7 Å². The van der Waals surface area contributed by atoms with Crippen LogP contribution in [0, 0.1) is 0 Å². The van der Waals surface area contributed by atoms with Crippen LogP contribution in [-0.2, 0) is 6.54 Å². The van der Waals surface area contributed by atoms with Crippen LogP contribution in [0.2, 0.25) is 0 Å². The van der Waals surface area contributed by atoms with E-state index in [-0.39, 0.29) is 0 Å². The van der Waals surface area contributed by atoms with Gasteiger partial charge in [0.05, 0.1) is 12.3 Å². The van der Waals surface area contributed by atoms with Crippen LogP contribution in [0.3, 0.4) is 0 Å². The number of alkyl halides is 3. The van der Waals surface area contributed by atoms with Gasteiger partial charge in [0.2, 0.25) is 0 Å². The number of thiophene rings is 1. The molecule has 108 valence electrons. The molecule has 0 aliphatic rings. The van der Waals surface area contributed by atoms with Gasteiger partial charge in [0.15, 0.2) is 0 Å². The summed E-state index contributed by atoms with van der Waals surface area (Å²) in [6, 6.07) is 8.99. The lowest BCUT2D eigenvalue weighted by Gasteiger charge is -2.12. The number of halogens is 4.